The molecular formula is C13H19N3. The quantitative estimate of drug-likeness (QED) is 0.816. The van der Waals surface area contributed by atoms with Crippen LogP contribution in [0.2, 0.25) is 0 Å². The molecule has 1 aromatic heterocycles. The Kier molecular flexibility index (Phi) is 2.36. The zero-order valence-corrected chi connectivity index (χ0v) is 9.82. The number of rotatable bonds is 2. The summed E-state index contributed by atoms with van der Waals surface area (Å²) >= 11 is 0. The van der Waals surface area contributed by atoms with Gasteiger partial charge in [-0.3, -0.25) is 4.98 Å². The van der Waals surface area contributed by atoms with Gasteiger partial charge in [-0.25, -0.2) is 0 Å². The fourth-order valence-corrected chi connectivity index (χ4v) is 2.76. The molecule has 2 aliphatic rings. The molecule has 1 aliphatic carbocycles. The number of piperazine rings is 1. The fourth-order valence-electron chi connectivity index (χ4n) is 2.76. The van der Waals surface area contributed by atoms with Crippen LogP contribution in [0.4, 0.5) is 5.69 Å². The molecule has 0 aromatic carbocycles. The second-order valence-corrected chi connectivity index (χ2v) is 5.25. The molecule has 86 valence electrons. The van der Waals surface area contributed by atoms with Crippen LogP contribution in [0.3, 0.4) is 0 Å². The van der Waals surface area contributed by atoms with Crippen molar-refractivity contribution in [2.24, 2.45) is 5.92 Å². The Morgan fingerprint density at radius 3 is 3.06 bits per heavy atom. The number of nitrogens with one attached hydrogen (secondary N) is 1. The number of nitrogens with zero attached hydrogens (tertiary/aromatic N) is 2. The van der Waals surface area contributed by atoms with E-state index in [2.05, 4.69) is 28.2 Å². The minimum atomic E-state index is 0.314. The van der Waals surface area contributed by atoms with Gasteiger partial charge in [0.2, 0.25) is 0 Å². The van der Waals surface area contributed by atoms with Crippen molar-refractivity contribution in [3.8, 4) is 0 Å². The summed E-state index contributed by atoms with van der Waals surface area (Å²) in [6.07, 6.45) is 6.60. The predicted octanol–water partition coefficient (Wildman–Crippen LogP) is 1.66. The highest BCUT2D eigenvalue weighted by molar-refractivity contribution is 5.45. The van der Waals surface area contributed by atoms with Crippen molar-refractivity contribution in [3.05, 3.63) is 24.5 Å². The minimum Gasteiger partial charge on any atom is -0.367 e. The monoisotopic (exact) mass is 217 g/mol. The van der Waals surface area contributed by atoms with Gasteiger partial charge < -0.3 is 10.2 Å². The van der Waals surface area contributed by atoms with E-state index >= 15 is 0 Å². The van der Waals surface area contributed by atoms with Gasteiger partial charge in [-0.15, -0.1) is 0 Å². The first-order valence-corrected chi connectivity index (χ1v) is 6.18. The highest BCUT2D eigenvalue weighted by Crippen LogP contribution is 2.41. The summed E-state index contributed by atoms with van der Waals surface area (Å²) in [5.74, 6) is 0.881. The number of aromatic nitrogens is 1. The molecule has 1 aliphatic heterocycles. The number of anilines is 1. The first-order valence-electron chi connectivity index (χ1n) is 6.18. The number of hydrogen-bond donors (Lipinski definition) is 1. The van der Waals surface area contributed by atoms with E-state index in [4.69, 9.17) is 0 Å². The smallest absolute Gasteiger partial charge is 0.0553 e. The Bertz CT molecular complexity index is 361. The van der Waals surface area contributed by atoms with E-state index < -0.39 is 0 Å². The standard InChI is InChI=1S/C13H19N3/c1-13(11-4-5-11)10-16(8-7-15-13)12-3-2-6-14-9-12/h2-3,6,9,11,15H,4-5,7-8,10H2,1H3. The summed E-state index contributed by atoms with van der Waals surface area (Å²) in [5.41, 5.74) is 1.57. The topological polar surface area (TPSA) is 28.2 Å². The van der Waals surface area contributed by atoms with Gasteiger partial charge in [0.05, 0.1) is 11.9 Å². The first-order chi connectivity index (χ1) is 7.78. The molecule has 2 heterocycles. The third-order valence-corrected chi connectivity index (χ3v) is 3.92. The molecule has 1 N–H and O–H groups in total. The van der Waals surface area contributed by atoms with Crippen molar-refractivity contribution >= 4 is 5.69 Å². The van der Waals surface area contributed by atoms with Crippen molar-refractivity contribution in [2.45, 2.75) is 25.3 Å². The van der Waals surface area contributed by atoms with E-state index in [0.717, 1.165) is 25.6 Å². The largest absolute Gasteiger partial charge is 0.367 e. The maximum Gasteiger partial charge on any atom is 0.0553 e. The predicted molar refractivity (Wildman–Crippen MR) is 65.6 cm³/mol. The van der Waals surface area contributed by atoms with Gasteiger partial charge in [0.15, 0.2) is 0 Å². The van der Waals surface area contributed by atoms with Crippen LogP contribution in [-0.2, 0) is 0 Å². The average molecular weight is 217 g/mol. The van der Waals surface area contributed by atoms with E-state index in [-0.39, 0.29) is 0 Å². The summed E-state index contributed by atoms with van der Waals surface area (Å²) in [7, 11) is 0. The summed E-state index contributed by atoms with van der Waals surface area (Å²) < 4.78 is 0. The maximum absolute atomic E-state index is 4.21. The van der Waals surface area contributed by atoms with Crippen molar-refractivity contribution in [3.63, 3.8) is 0 Å². The Hall–Kier alpha value is -1.09. The van der Waals surface area contributed by atoms with Gasteiger partial charge in [-0.1, -0.05) is 0 Å². The molecular weight excluding hydrogens is 198 g/mol. The maximum atomic E-state index is 4.21. The summed E-state index contributed by atoms with van der Waals surface area (Å²) in [4.78, 5) is 6.67. The third kappa shape index (κ3) is 1.80. The zero-order chi connectivity index (χ0) is 11.0. The fraction of sp³-hybridized carbons (Fsp3) is 0.615. The molecule has 3 rings (SSSR count). The van der Waals surface area contributed by atoms with Crippen LogP contribution < -0.4 is 10.2 Å². The van der Waals surface area contributed by atoms with E-state index in [9.17, 15) is 0 Å². The molecule has 3 heteroatoms. The van der Waals surface area contributed by atoms with Gasteiger partial charge in [0, 0.05) is 31.4 Å². The lowest BCUT2D eigenvalue weighted by molar-refractivity contribution is 0.285. The molecule has 3 nitrogen and oxygen atoms in total. The minimum absolute atomic E-state index is 0.314. The van der Waals surface area contributed by atoms with Crippen LogP contribution in [0.1, 0.15) is 19.8 Å². The molecule has 16 heavy (non-hydrogen) atoms. The van der Waals surface area contributed by atoms with E-state index in [1.54, 1.807) is 0 Å². The van der Waals surface area contributed by atoms with Crippen LogP contribution in [0, 0.1) is 5.92 Å². The van der Waals surface area contributed by atoms with E-state index in [1.165, 1.54) is 18.5 Å². The molecule has 1 unspecified atom stereocenters. The SMILES string of the molecule is CC1(C2CC2)CN(c2cccnc2)CCN1. The van der Waals surface area contributed by atoms with Gasteiger partial charge in [0.1, 0.15) is 0 Å². The molecule has 1 aromatic rings. The zero-order valence-electron chi connectivity index (χ0n) is 9.82. The summed E-state index contributed by atoms with van der Waals surface area (Å²) in [5, 5.41) is 3.70. The van der Waals surface area contributed by atoms with Gasteiger partial charge in [0.25, 0.3) is 0 Å². The Morgan fingerprint density at radius 2 is 2.38 bits per heavy atom. The van der Waals surface area contributed by atoms with Crippen LogP contribution in [0.5, 0.6) is 0 Å². The molecule has 1 saturated heterocycles. The van der Waals surface area contributed by atoms with Crippen LogP contribution >= 0.6 is 0 Å². The lowest BCUT2D eigenvalue weighted by Gasteiger charge is -2.43. The van der Waals surface area contributed by atoms with Gasteiger partial charge in [-0.2, -0.15) is 0 Å². The van der Waals surface area contributed by atoms with E-state index in [1.807, 2.05) is 18.5 Å². The molecule has 1 saturated carbocycles. The lowest BCUT2D eigenvalue weighted by atomic mass is 9.93. The normalized spacial score (nSPS) is 30.4. The highest BCUT2D eigenvalue weighted by Gasteiger charge is 2.43. The molecule has 0 amide bonds. The number of pyridine rings is 1. The van der Waals surface area contributed by atoms with Crippen LogP contribution in [0.25, 0.3) is 0 Å². The van der Waals surface area contributed by atoms with Crippen LogP contribution in [0.15, 0.2) is 24.5 Å². The highest BCUT2D eigenvalue weighted by atomic mass is 15.2. The first kappa shape index (κ1) is 10.1. The van der Waals surface area contributed by atoms with Crippen molar-refractivity contribution in [1.82, 2.24) is 10.3 Å². The summed E-state index contributed by atoms with van der Waals surface area (Å²) in [6.45, 7) is 5.66. The molecule has 0 spiro atoms. The van der Waals surface area contributed by atoms with Gasteiger partial charge in [-0.05, 0) is 37.8 Å². The Labute approximate surface area is 96.9 Å². The second-order valence-electron chi connectivity index (χ2n) is 5.25. The summed E-state index contributed by atoms with van der Waals surface area (Å²) in [6, 6.07) is 4.18. The number of hydrogen-bond acceptors (Lipinski definition) is 3. The van der Waals surface area contributed by atoms with Crippen molar-refractivity contribution in [2.75, 3.05) is 24.5 Å². The Morgan fingerprint density at radius 1 is 1.50 bits per heavy atom. The van der Waals surface area contributed by atoms with E-state index in [0.29, 0.717) is 5.54 Å². The molecule has 1 atom stereocenters. The van der Waals surface area contributed by atoms with Gasteiger partial charge >= 0.3 is 0 Å². The third-order valence-electron chi connectivity index (χ3n) is 3.92. The Balaban J connectivity index is 1.77. The molecule has 2 fully saturated rings. The lowest BCUT2D eigenvalue weighted by Crippen LogP contribution is -2.60. The van der Waals surface area contributed by atoms with Crippen LogP contribution in [-0.4, -0.2) is 30.2 Å². The van der Waals surface area contributed by atoms with Crippen molar-refractivity contribution in [1.29, 1.82) is 0 Å². The molecule has 0 bridgehead atoms. The van der Waals surface area contributed by atoms with Crippen molar-refractivity contribution < 1.29 is 0 Å². The average Bonchev–Trinajstić information content (AvgIpc) is 3.14. The molecule has 0 radical (unpaired) electrons. The second kappa shape index (κ2) is 3.74.